The molecular weight excluding hydrogens is 1050 g/mol. The van der Waals surface area contributed by atoms with Gasteiger partial charge in [-0.3, -0.25) is 18.6 Å². The Bertz CT molecular complexity index is 1770. The lowest BCUT2D eigenvalue weighted by atomic mass is 10.0. The van der Waals surface area contributed by atoms with Crippen molar-refractivity contribution in [1.82, 2.24) is 0 Å². The molecule has 0 radical (unpaired) electrons. The van der Waals surface area contributed by atoms with Crippen LogP contribution in [0.25, 0.3) is 0 Å². The number of likely N-dealkylation sites (N-methyl/N-ethyl adjacent to an activating group) is 1. The fraction of sp³-hybridized carbons (Fsp3) is 0.726. The second-order valence-corrected chi connectivity index (χ2v) is 25.3. The lowest BCUT2D eigenvalue weighted by Crippen LogP contribution is -2.37. The summed E-state index contributed by atoms with van der Waals surface area (Å²) in [7, 11) is 1.48. The van der Waals surface area contributed by atoms with Crippen LogP contribution in [0.3, 0.4) is 0 Å². The summed E-state index contributed by atoms with van der Waals surface area (Å²) in [5.41, 5.74) is 0. The average molecular weight is 1180 g/mol. The first-order valence-electron chi connectivity index (χ1n) is 34.1. The molecule has 0 fully saturated rings. The van der Waals surface area contributed by atoms with Crippen LogP contribution in [0.2, 0.25) is 0 Å². The molecule has 0 heterocycles. The molecule has 0 rings (SSSR count). The Morgan fingerprint density at radius 2 is 0.687 bits per heavy atom. The normalized spacial score (nSPS) is 13.9. The van der Waals surface area contributed by atoms with Crippen molar-refractivity contribution in [2.45, 2.75) is 296 Å². The van der Waals surface area contributed by atoms with Crippen LogP contribution in [0.5, 0.6) is 0 Å². The van der Waals surface area contributed by atoms with Gasteiger partial charge in [-0.2, -0.15) is 0 Å². The van der Waals surface area contributed by atoms with E-state index in [0.29, 0.717) is 17.4 Å². The van der Waals surface area contributed by atoms with Crippen molar-refractivity contribution in [3.63, 3.8) is 0 Å². The van der Waals surface area contributed by atoms with Crippen molar-refractivity contribution in [2.75, 3.05) is 47.5 Å². The first-order valence-corrected chi connectivity index (χ1v) is 35.6. The maximum absolute atomic E-state index is 12.9. The van der Waals surface area contributed by atoms with Crippen LogP contribution < -0.4 is 0 Å². The topological polar surface area (TPSA) is 108 Å². The summed E-state index contributed by atoms with van der Waals surface area (Å²) in [6, 6.07) is 0. The number of esters is 2. The van der Waals surface area contributed by atoms with Crippen molar-refractivity contribution >= 4 is 19.8 Å². The molecule has 0 saturated heterocycles. The third kappa shape index (κ3) is 67.7. The van der Waals surface area contributed by atoms with E-state index in [-0.39, 0.29) is 32.0 Å². The van der Waals surface area contributed by atoms with Crippen LogP contribution in [0, 0.1) is 0 Å². The molecule has 478 valence electrons. The number of ether oxygens (including phenoxy) is 2. The molecule has 0 aliphatic carbocycles. The van der Waals surface area contributed by atoms with Crippen molar-refractivity contribution in [3.05, 3.63) is 109 Å². The molecule has 83 heavy (non-hydrogen) atoms. The zero-order valence-electron chi connectivity index (χ0n) is 54.4. The highest BCUT2D eigenvalue weighted by molar-refractivity contribution is 7.47. The summed E-state index contributed by atoms with van der Waals surface area (Å²) in [6.07, 6.45) is 88.9. The molecule has 1 N–H and O–H groups in total. The largest absolute Gasteiger partial charge is 0.472 e. The molecule has 0 aliphatic heterocycles. The molecule has 0 spiro atoms. The van der Waals surface area contributed by atoms with Crippen molar-refractivity contribution in [1.29, 1.82) is 0 Å². The molecule has 2 atom stereocenters. The number of carbonyl (C=O) groups excluding carboxylic acids is 2. The van der Waals surface area contributed by atoms with E-state index in [0.717, 1.165) is 103 Å². The number of hydrogen-bond donors (Lipinski definition) is 1. The van der Waals surface area contributed by atoms with Gasteiger partial charge in [0.25, 0.3) is 0 Å². The van der Waals surface area contributed by atoms with Crippen LogP contribution in [-0.2, 0) is 32.7 Å². The van der Waals surface area contributed by atoms with Gasteiger partial charge >= 0.3 is 19.8 Å². The van der Waals surface area contributed by atoms with Crippen LogP contribution in [0.1, 0.15) is 290 Å². The maximum atomic E-state index is 12.9. The van der Waals surface area contributed by atoms with Crippen LogP contribution in [-0.4, -0.2) is 74.9 Å². The number of phosphoric acid groups is 1. The second-order valence-electron chi connectivity index (χ2n) is 23.8. The SMILES string of the molecule is CC/C=C\C/C=C\C/C=C\C/C=C\C/C=C\C/C=C\C/C=C\C/C=C\C/C=C\CCCCCCCCCCCCCC(=O)OC(COC(=O)CCCCCCCCCCCCCCCCCCCCCC)COP(=O)(O)OCC[N+](C)(C)C. The maximum Gasteiger partial charge on any atom is 0.472 e. The number of carbonyl (C=O) groups is 2. The zero-order chi connectivity index (χ0) is 60.5. The smallest absolute Gasteiger partial charge is 0.462 e. The molecule has 2 unspecified atom stereocenters. The van der Waals surface area contributed by atoms with Crippen molar-refractivity contribution < 1.29 is 42.1 Å². The highest BCUT2D eigenvalue weighted by atomic mass is 31.2. The lowest BCUT2D eigenvalue weighted by molar-refractivity contribution is -0.870. The average Bonchev–Trinajstić information content (AvgIpc) is 3.48. The zero-order valence-corrected chi connectivity index (χ0v) is 55.3. The number of allylic oxidation sites excluding steroid dienone is 18. The Kier molecular flexibility index (Phi) is 60.6. The summed E-state index contributed by atoms with van der Waals surface area (Å²) >= 11 is 0. The molecule has 0 aliphatic rings. The molecule has 0 aromatic rings. The van der Waals surface area contributed by atoms with Gasteiger partial charge in [-0.25, -0.2) is 4.57 Å². The Morgan fingerprint density at radius 3 is 1.02 bits per heavy atom. The summed E-state index contributed by atoms with van der Waals surface area (Å²) in [5.74, 6) is -0.794. The van der Waals surface area contributed by atoms with Crippen molar-refractivity contribution in [3.8, 4) is 0 Å². The summed E-state index contributed by atoms with van der Waals surface area (Å²) in [6.45, 7) is 4.35. The van der Waals surface area contributed by atoms with Gasteiger partial charge < -0.3 is 18.9 Å². The number of quaternary nitrogens is 1. The molecule has 0 aromatic heterocycles. The first kappa shape index (κ1) is 79.7. The monoisotopic (exact) mass is 1180 g/mol. The molecule has 0 bridgehead atoms. The number of rotatable bonds is 62. The number of nitrogens with zero attached hydrogens (tertiary/aromatic N) is 1. The predicted molar refractivity (Wildman–Crippen MR) is 358 cm³/mol. The fourth-order valence-corrected chi connectivity index (χ4v) is 10.1. The third-order valence-corrected chi connectivity index (χ3v) is 15.6. The van der Waals surface area contributed by atoms with Gasteiger partial charge in [-0.1, -0.05) is 303 Å². The Labute approximate surface area is 512 Å². The van der Waals surface area contributed by atoms with Crippen LogP contribution in [0.4, 0.5) is 0 Å². The molecule has 0 aromatic carbocycles. The molecule has 0 saturated carbocycles. The number of hydrogen-bond acceptors (Lipinski definition) is 7. The fourth-order valence-electron chi connectivity index (χ4n) is 9.36. The van der Waals surface area contributed by atoms with Gasteiger partial charge in [0.1, 0.15) is 19.8 Å². The Balaban J connectivity index is 4.07. The summed E-state index contributed by atoms with van der Waals surface area (Å²) in [5, 5.41) is 0. The van der Waals surface area contributed by atoms with Gasteiger partial charge in [-0.15, -0.1) is 0 Å². The van der Waals surface area contributed by atoms with E-state index in [1.165, 1.54) is 154 Å². The van der Waals surface area contributed by atoms with E-state index < -0.39 is 26.5 Å². The van der Waals surface area contributed by atoms with Gasteiger partial charge in [-0.05, 0) is 83.5 Å². The van der Waals surface area contributed by atoms with Crippen LogP contribution >= 0.6 is 7.82 Å². The second kappa shape index (κ2) is 63.2. The van der Waals surface area contributed by atoms with Gasteiger partial charge in [0, 0.05) is 12.8 Å². The summed E-state index contributed by atoms with van der Waals surface area (Å²) in [4.78, 5) is 35.8. The van der Waals surface area contributed by atoms with E-state index in [1.807, 2.05) is 21.1 Å². The first-order chi connectivity index (χ1) is 40.5. The highest BCUT2D eigenvalue weighted by Crippen LogP contribution is 2.43. The van der Waals surface area contributed by atoms with Crippen LogP contribution in [0.15, 0.2) is 109 Å². The Morgan fingerprint density at radius 1 is 0.386 bits per heavy atom. The minimum absolute atomic E-state index is 0.0288. The molecular formula is C73H129NO8P+. The number of unbranched alkanes of at least 4 members (excludes halogenated alkanes) is 30. The quantitative estimate of drug-likeness (QED) is 0.0211. The van der Waals surface area contributed by atoms with Gasteiger partial charge in [0.05, 0.1) is 27.7 Å². The molecule has 0 amide bonds. The minimum Gasteiger partial charge on any atom is -0.462 e. The Hall–Kier alpha value is -3.33. The lowest BCUT2D eigenvalue weighted by Gasteiger charge is -2.24. The highest BCUT2D eigenvalue weighted by Gasteiger charge is 2.27. The van der Waals surface area contributed by atoms with Crippen molar-refractivity contribution in [2.24, 2.45) is 0 Å². The molecule has 9 nitrogen and oxygen atoms in total. The third-order valence-electron chi connectivity index (χ3n) is 14.6. The van der Waals surface area contributed by atoms with E-state index >= 15 is 0 Å². The van der Waals surface area contributed by atoms with Gasteiger partial charge in [0.2, 0.25) is 0 Å². The summed E-state index contributed by atoms with van der Waals surface area (Å²) < 4.78 is 34.7. The van der Waals surface area contributed by atoms with Gasteiger partial charge in [0.15, 0.2) is 6.10 Å². The predicted octanol–water partition coefficient (Wildman–Crippen LogP) is 22.1. The number of phosphoric ester groups is 1. The van der Waals surface area contributed by atoms with E-state index in [2.05, 4.69) is 123 Å². The minimum atomic E-state index is -4.39. The molecule has 10 heteroatoms. The standard InChI is InChI=1S/C73H128NO8P/c1-6-8-10-12-14-16-18-20-22-24-26-28-29-30-31-32-33-34-35-36-37-38-39-40-41-42-43-44-45-46-48-50-52-54-56-58-60-62-64-66-73(76)82-71(70-81-83(77,78)80-68-67-74(3,4)5)69-79-72(75)65-63-61-59-57-55-53-51-49-47-27-25-23-21-19-17-15-13-11-9-7-2/h8,10,14,16,20,22,26,28,30-31,33-34,36-37,39-40,42-43,71H,6-7,9,11-13,15,17-19,21,23-25,27,29,32,35,38,41,44-70H2,1-5H3/p+1/b10-8-,16-14-,22-20-,28-26-,31-30-,34-33-,37-36-,40-39-,43-42-. The van der Waals surface area contributed by atoms with E-state index in [9.17, 15) is 19.0 Å². The van der Waals surface area contributed by atoms with E-state index in [1.54, 1.807) is 0 Å². The van der Waals surface area contributed by atoms with E-state index in [4.69, 9.17) is 18.5 Å².